The van der Waals surface area contributed by atoms with E-state index in [4.69, 9.17) is 18.3 Å². The van der Waals surface area contributed by atoms with Crippen LogP contribution in [0.3, 0.4) is 0 Å². The third-order valence-electron chi connectivity index (χ3n) is 5.69. The maximum absolute atomic E-state index is 13.2. The zero-order valence-corrected chi connectivity index (χ0v) is 20.4. The molecule has 0 unspecified atom stereocenters. The van der Waals surface area contributed by atoms with Crippen LogP contribution in [0.15, 0.2) is 51.5 Å². The monoisotopic (exact) mass is 468 g/mol. The smallest absolute Gasteiger partial charge is 0.257 e. The standard InChI is InChI=1S/C26H32N2O6/c1-18-15-22(19(2)34-18)26(30)28(17-21-7-6-14-33-21)13-11-25(29)27(3)12-10-20-8-9-23(31-4)24(16-20)32-5/h6-9,14-16H,10-13,17H2,1-5H3. The number of hydrogen-bond donors (Lipinski definition) is 0. The molecule has 2 amide bonds. The fourth-order valence-corrected chi connectivity index (χ4v) is 3.74. The molecule has 0 radical (unpaired) electrons. The van der Waals surface area contributed by atoms with Crippen LogP contribution in [0.25, 0.3) is 0 Å². The maximum atomic E-state index is 13.2. The fourth-order valence-electron chi connectivity index (χ4n) is 3.74. The van der Waals surface area contributed by atoms with Gasteiger partial charge >= 0.3 is 0 Å². The van der Waals surface area contributed by atoms with E-state index in [0.717, 1.165) is 5.56 Å². The van der Waals surface area contributed by atoms with Gasteiger partial charge in [-0.15, -0.1) is 0 Å². The van der Waals surface area contributed by atoms with Crippen LogP contribution in [0.5, 0.6) is 11.5 Å². The van der Waals surface area contributed by atoms with Crippen molar-refractivity contribution in [2.24, 2.45) is 0 Å². The fraction of sp³-hybridized carbons (Fsp3) is 0.385. The van der Waals surface area contributed by atoms with E-state index in [0.29, 0.717) is 47.3 Å². The zero-order valence-electron chi connectivity index (χ0n) is 20.4. The highest BCUT2D eigenvalue weighted by atomic mass is 16.5. The number of likely N-dealkylation sites (N-methyl/N-ethyl adjacent to an activating group) is 1. The number of hydrogen-bond acceptors (Lipinski definition) is 6. The molecule has 0 aliphatic heterocycles. The molecule has 3 aromatic rings. The van der Waals surface area contributed by atoms with Gasteiger partial charge in [0, 0.05) is 26.6 Å². The molecule has 8 heteroatoms. The van der Waals surface area contributed by atoms with Crippen molar-refractivity contribution in [1.29, 1.82) is 0 Å². The van der Waals surface area contributed by atoms with Gasteiger partial charge < -0.3 is 28.1 Å². The minimum Gasteiger partial charge on any atom is -0.493 e. The average molecular weight is 469 g/mol. The molecule has 1 aromatic carbocycles. The Morgan fingerprint density at radius 3 is 2.38 bits per heavy atom. The van der Waals surface area contributed by atoms with Crippen molar-refractivity contribution < 1.29 is 27.9 Å². The van der Waals surface area contributed by atoms with Gasteiger partial charge in [0.2, 0.25) is 5.91 Å². The number of aryl methyl sites for hydroxylation is 2. The van der Waals surface area contributed by atoms with Gasteiger partial charge in [0.1, 0.15) is 17.3 Å². The zero-order chi connectivity index (χ0) is 24.7. The van der Waals surface area contributed by atoms with Crippen LogP contribution in [-0.2, 0) is 17.8 Å². The van der Waals surface area contributed by atoms with Gasteiger partial charge in [0.25, 0.3) is 5.91 Å². The molecule has 0 atom stereocenters. The lowest BCUT2D eigenvalue weighted by atomic mass is 10.1. The second kappa shape index (κ2) is 11.4. The third-order valence-corrected chi connectivity index (χ3v) is 5.69. The van der Waals surface area contributed by atoms with Gasteiger partial charge in [-0.05, 0) is 56.2 Å². The molecule has 2 heterocycles. The van der Waals surface area contributed by atoms with Gasteiger partial charge in [-0.25, -0.2) is 0 Å². The first-order valence-corrected chi connectivity index (χ1v) is 11.2. The number of rotatable bonds is 11. The summed E-state index contributed by atoms with van der Waals surface area (Å²) < 4.78 is 21.6. The van der Waals surface area contributed by atoms with Crippen LogP contribution in [0.2, 0.25) is 0 Å². The minimum absolute atomic E-state index is 0.0437. The summed E-state index contributed by atoms with van der Waals surface area (Å²) in [5, 5.41) is 0. The number of ether oxygens (including phenoxy) is 2. The van der Waals surface area contributed by atoms with Crippen LogP contribution in [0, 0.1) is 13.8 Å². The number of carbonyl (C=O) groups excluding carboxylic acids is 2. The third kappa shape index (κ3) is 6.21. The molecule has 2 aromatic heterocycles. The summed E-state index contributed by atoms with van der Waals surface area (Å²) in [4.78, 5) is 29.3. The van der Waals surface area contributed by atoms with Crippen molar-refractivity contribution in [3.05, 3.63) is 71.1 Å². The van der Waals surface area contributed by atoms with Gasteiger partial charge in [0.05, 0.1) is 32.6 Å². The lowest BCUT2D eigenvalue weighted by molar-refractivity contribution is -0.130. The van der Waals surface area contributed by atoms with Crippen LogP contribution in [0.1, 0.15) is 39.6 Å². The summed E-state index contributed by atoms with van der Waals surface area (Å²) in [6.45, 7) is 4.65. The number of nitrogens with zero attached hydrogens (tertiary/aromatic N) is 2. The van der Waals surface area contributed by atoms with E-state index >= 15 is 0 Å². The molecule has 0 aliphatic rings. The van der Waals surface area contributed by atoms with E-state index in [-0.39, 0.29) is 31.3 Å². The van der Waals surface area contributed by atoms with Crippen molar-refractivity contribution >= 4 is 11.8 Å². The van der Waals surface area contributed by atoms with Gasteiger partial charge in [-0.3, -0.25) is 9.59 Å². The summed E-state index contributed by atoms with van der Waals surface area (Å²) in [5.41, 5.74) is 1.54. The number of methoxy groups -OCH3 is 2. The second-order valence-electron chi connectivity index (χ2n) is 8.14. The largest absolute Gasteiger partial charge is 0.493 e. The van der Waals surface area contributed by atoms with Crippen molar-refractivity contribution in [2.75, 3.05) is 34.4 Å². The van der Waals surface area contributed by atoms with E-state index in [9.17, 15) is 9.59 Å². The molecule has 34 heavy (non-hydrogen) atoms. The van der Waals surface area contributed by atoms with E-state index in [1.54, 1.807) is 63.3 Å². The molecule has 0 N–H and O–H groups in total. The summed E-state index contributed by atoms with van der Waals surface area (Å²) in [6.07, 6.45) is 2.44. The Balaban J connectivity index is 1.60. The van der Waals surface area contributed by atoms with Crippen LogP contribution in [-0.4, -0.2) is 56.0 Å². The van der Waals surface area contributed by atoms with Gasteiger partial charge in [-0.2, -0.15) is 0 Å². The molecule has 0 saturated carbocycles. The first-order valence-electron chi connectivity index (χ1n) is 11.2. The van der Waals surface area contributed by atoms with Crippen LogP contribution in [0.4, 0.5) is 0 Å². The molecule has 182 valence electrons. The predicted octanol–water partition coefficient (Wildman–Crippen LogP) is 4.24. The molecule has 0 saturated heterocycles. The molecule has 0 bridgehead atoms. The highest BCUT2D eigenvalue weighted by Gasteiger charge is 2.23. The molecule has 3 rings (SSSR count). The molecule has 0 aliphatic carbocycles. The quantitative estimate of drug-likeness (QED) is 0.418. The number of carbonyl (C=O) groups is 2. The maximum Gasteiger partial charge on any atom is 0.257 e. The van der Waals surface area contributed by atoms with E-state index < -0.39 is 0 Å². The molecule has 0 fully saturated rings. The normalized spacial score (nSPS) is 10.7. The average Bonchev–Trinajstić information content (AvgIpc) is 3.47. The second-order valence-corrected chi connectivity index (χ2v) is 8.14. The molecule has 8 nitrogen and oxygen atoms in total. The lowest BCUT2D eigenvalue weighted by Crippen LogP contribution is -2.36. The number of furan rings is 2. The molecule has 0 spiro atoms. The van der Waals surface area contributed by atoms with Crippen LogP contribution >= 0.6 is 0 Å². The lowest BCUT2D eigenvalue weighted by Gasteiger charge is -2.23. The summed E-state index contributed by atoms with van der Waals surface area (Å²) in [7, 11) is 4.96. The van der Waals surface area contributed by atoms with E-state index in [1.807, 2.05) is 24.3 Å². The highest BCUT2D eigenvalue weighted by molar-refractivity contribution is 5.95. The van der Waals surface area contributed by atoms with Gasteiger partial charge in [0.15, 0.2) is 11.5 Å². The summed E-state index contributed by atoms with van der Waals surface area (Å²) in [5.74, 6) is 2.98. The Morgan fingerprint density at radius 2 is 1.76 bits per heavy atom. The van der Waals surface area contributed by atoms with Crippen LogP contribution < -0.4 is 9.47 Å². The highest BCUT2D eigenvalue weighted by Crippen LogP contribution is 2.27. The molecular formula is C26H32N2O6. The molecular weight excluding hydrogens is 436 g/mol. The van der Waals surface area contributed by atoms with Crippen molar-refractivity contribution in [3.63, 3.8) is 0 Å². The number of amides is 2. The summed E-state index contributed by atoms with van der Waals surface area (Å²) in [6, 6.07) is 11.0. The number of benzene rings is 1. The van der Waals surface area contributed by atoms with Crippen molar-refractivity contribution in [1.82, 2.24) is 9.80 Å². The Hall–Kier alpha value is -3.68. The first kappa shape index (κ1) is 25.0. The Labute approximate surface area is 200 Å². The Kier molecular flexibility index (Phi) is 8.40. The van der Waals surface area contributed by atoms with E-state index in [1.165, 1.54) is 0 Å². The van der Waals surface area contributed by atoms with Crippen molar-refractivity contribution in [2.45, 2.75) is 33.2 Å². The topological polar surface area (TPSA) is 85.4 Å². The predicted molar refractivity (Wildman–Crippen MR) is 127 cm³/mol. The van der Waals surface area contributed by atoms with Gasteiger partial charge in [-0.1, -0.05) is 6.07 Å². The summed E-state index contributed by atoms with van der Waals surface area (Å²) >= 11 is 0. The van der Waals surface area contributed by atoms with Crippen molar-refractivity contribution in [3.8, 4) is 11.5 Å². The Morgan fingerprint density at radius 1 is 1.00 bits per heavy atom. The van der Waals surface area contributed by atoms with E-state index in [2.05, 4.69) is 0 Å². The SMILES string of the molecule is COc1ccc(CCN(C)C(=O)CCN(Cc2ccco2)C(=O)c2cc(C)oc2C)cc1OC. The minimum atomic E-state index is -0.188. The first-order chi connectivity index (χ1) is 16.3. The Bertz CT molecular complexity index is 1100.